The zero-order chi connectivity index (χ0) is 14.4. The van der Waals surface area contributed by atoms with Crippen molar-refractivity contribution in [3.63, 3.8) is 0 Å². The Balaban J connectivity index is -0.000000213. The summed E-state index contributed by atoms with van der Waals surface area (Å²) in [5, 5.41) is 6.37. The Kier molecular flexibility index (Phi) is 18.3. The molecule has 0 bridgehead atoms. The minimum absolute atomic E-state index is 0.317. The summed E-state index contributed by atoms with van der Waals surface area (Å²) < 4.78 is 31.8. The van der Waals surface area contributed by atoms with Crippen molar-refractivity contribution in [2.24, 2.45) is 0 Å². The van der Waals surface area contributed by atoms with Gasteiger partial charge >= 0.3 is 12.0 Å². The molecule has 0 aliphatic rings. The van der Waals surface area contributed by atoms with E-state index in [-0.39, 0.29) is 0 Å². The predicted molar refractivity (Wildman–Crippen MR) is 63.8 cm³/mol. The molecule has 100 valence electrons. The molecule has 1 N–H and O–H groups in total. The van der Waals surface area contributed by atoms with E-state index >= 15 is 0 Å². The first-order chi connectivity index (χ1) is 7.82. The predicted octanol–water partition coefficient (Wildman–Crippen LogP) is 4.88. The van der Waals surface area contributed by atoms with Crippen LogP contribution in [-0.4, -0.2) is 11.1 Å². The van der Waals surface area contributed by atoms with Gasteiger partial charge in [0, 0.05) is 5.57 Å². The van der Waals surface area contributed by atoms with Crippen LogP contribution in [0, 0.1) is 0 Å². The van der Waals surface area contributed by atoms with Gasteiger partial charge in [0.2, 0.25) is 0 Å². The summed E-state index contributed by atoms with van der Waals surface area (Å²) in [6.07, 6.45) is 0.0835. The fraction of sp³-hybridized carbons (Fsp3) is 0.364. The van der Waals surface area contributed by atoms with E-state index in [9.17, 15) is 18.0 Å². The Morgan fingerprint density at radius 1 is 1.29 bits per heavy atom. The normalized spacial score (nSPS) is 7.82. The fourth-order valence-corrected chi connectivity index (χ4v) is 0.497. The standard InChI is InChI=1S/C7H12O2.C2ClF3.C2H4/c1-3-4-5-6(2)7(8)9;3-1(4)2(5)6;1-2/h2-5H2,1H3,(H,8,9);;1-2H2. The molecule has 0 saturated carbocycles. The van der Waals surface area contributed by atoms with Crippen molar-refractivity contribution in [1.29, 1.82) is 0 Å². The molecule has 0 aromatic heterocycles. The van der Waals surface area contributed by atoms with Gasteiger partial charge in [-0.2, -0.15) is 13.2 Å². The van der Waals surface area contributed by atoms with Crippen LogP contribution in [-0.2, 0) is 4.79 Å². The van der Waals surface area contributed by atoms with Crippen LogP contribution in [0.4, 0.5) is 13.2 Å². The Morgan fingerprint density at radius 3 is 1.82 bits per heavy atom. The molecule has 0 unspecified atom stereocenters. The van der Waals surface area contributed by atoms with E-state index < -0.39 is 17.3 Å². The Morgan fingerprint density at radius 2 is 1.65 bits per heavy atom. The van der Waals surface area contributed by atoms with Gasteiger partial charge < -0.3 is 5.11 Å². The van der Waals surface area contributed by atoms with Crippen molar-refractivity contribution < 1.29 is 23.1 Å². The van der Waals surface area contributed by atoms with Crippen molar-refractivity contribution in [3.8, 4) is 0 Å². The molecule has 0 atom stereocenters. The van der Waals surface area contributed by atoms with E-state index in [1.807, 2.05) is 6.92 Å². The molecule has 0 spiro atoms. The monoisotopic (exact) mass is 272 g/mol. The molecular weight excluding hydrogens is 257 g/mol. The third kappa shape index (κ3) is 20.8. The second-order valence-electron chi connectivity index (χ2n) is 2.53. The van der Waals surface area contributed by atoms with Crippen LogP contribution in [0.3, 0.4) is 0 Å². The summed E-state index contributed by atoms with van der Waals surface area (Å²) in [7, 11) is 0. The van der Waals surface area contributed by atoms with Gasteiger partial charge in [0.1, 0.15) is 0 Å². The van der Waals surface area contributed by atoms with Crippen LogP contribution >= 0.6 is 11.6 Å². The van der Waals surface area contributed by atoms with Crippen LogP contribution in [0.15, 0.2) is 36.7 Å². The molecule has 0 aliphatic carbocycles. The second-order valence-corrected chi connectivity index (χ2v) is 2.86. The summed E-state index contributed by atoms with van der Waals surface area (Å²) in [4.78, 5) is 10.1. The molecule has 0 rings (SSSR count). The SMILES string of the molecule is C=C.C=C(CCCC)C(=O)O.FC(F)=C(F)Cl. The first-order valence-electron chi connectivity index (χ1n) is 4.60. The highest BCUT2D eigenvalue weighted by Gasteiger charge is 2.00. The Bertz CT molecular complexity index is 247. The van der Waals surface area contributed by atoms with Gasteiger partial charge in [-0.3, -0.25) is 0 Å². The fourth-order valence-electron chi connectivity index (χ4n) is 0.497. The zero-order valence-corrected chi connectivity index (χ0v) is 10.4. The van der Waals surface area contributed by atoms with Gasteiger partial charge in [-0.25, -0.2) is 4.79 Å². The maximum absolute atomic E-state index is 10.7. The van der Waals surface area contributed by atoms with E-state index in [1.54, 1.807) is 0 Å². The number of unbranched alkanes of at least 4 members (excludes halogenated alkanes) is 1. The molecule has 0 amide bonds. The lowest BCUT2D eigenvalue weighted by atomic mass is 10.1. The van der Waals surface area contributed by atoms with E-state index in [4.69, 9.17) is 5.11 Å². The lowest BCUT2D eigenvalue weighted by molar-refractivity contribution is -0.132. The number of rotatable bonds is 4. The summed E-state index contributed by atoms with van der Waals surface area (Å²) in [5.41, 5.74) is 0.317. The van der Waals surface area contributed by atoms with E-state index in [1.165, 1.54) is 0 Å². The second kappa shape index (κ2) is 14.8. The number of carboxylic acid groups (broad SMARTS) is 1. The molecule has 0 aromatic rings. The molecule has 0 aromatic carbocycles. The summed E-state index contributed by atoms with van der Waals surface area (Å²) >= 11 is 4.08. The molecule has 2 nitrogen and oxygen atoms in total. The van der Waals surface area contributed by atoms with E-state index in [0.29, 0.717) is 12.0 Å². The van der Waals surface area contributed by atoms with Crippen molar-refractivity contribution >= 4 is 17.6 Å². The lowest BCUT2D eigenvalue weighted by Gasteiger charge is -1.95. The number of halogens is 4. The van der Waals surface area contributed by atoms with Crippen LogP contribution in [0.25, 0.3) is 0 Å². The van der Waals surface area contributed by atoms with Gasteiger partial charge in [-0.05, 0) is 24.4 Å². The number of hydrogen-bond acceptors (Lipinski definition) is 1. The third-order valence-corrected chi connectivity index (χ3v) is 1.42. The minimum atomic E-state index is -2.48. The van der Waals surface area contributed by atoms with E-state index in [0.717, 1.165) is 12.8 Å². The largest absolute Gasteiger partial charge is 0.478 e. The molecule has 6 heteroatoms. The lowest BCUT2D eigenvalue weighted by Crippen LogP contribution is -1.97. The highest BCUT2D eigenvalue weighted by atomic mass is 35.5. The van der Waals surface area contributed by atoms with E-state index in [2.05, 4.69) is 31.3 Å². The maximum atomic E-state index is 10.7. The average molecular weight is 273 g/mol. The average Bonchev–Trinajstić information content (AvgIpc) is 2.29. The number of carboxylic acids is 1. The number of hydrogen-bond donors (Lipinski definition) is 1. The first-order valence-corrected chi connectivity index (χ1v) is 4.98. The Hall–Kier alpha value is -1.23. The highest BCUT2D eigenvalue weighted by Crippen LogP contribution is 2.11. The van der Waals surface area contributed by atoms with Crippen LogP contribution in [0.2, 0.25) is 0 Å². The van der Waals surface area contributed by atoms with Crippen molar-refractivity contribution in [1.82, 2.24) is 0 Å². The smallest absolute Gasteiger partial charge is 0.330 e. The first kappa shape index (κ1) is 21.1. The molecule has 17 heavy (non-hydrogen) atoms. The molecule has 0 fully saturated rings. The van der Waals surface area contributed by atoms with Gasteiger partial charge in [-0.15, -0.1) is 13.2 Å². The number of carbonyl (C=O) groups is 1. The molecule has 0 heterocycles. The van der Waals surface area contributed by atoms with Crippen LogP contribution < -0.4 is 0 Å². The third-order valence-electron chi connectivity index (χ3n) is 1.28. The minimum Gasteiger partial charge on any atom is -0.478 e. The van der Waals surface area contributed by atoms with Crippen LogP contribution in [0.5, 0.6) is 0 Å². The summed E-state index contributed by atoms with van der Waals surface area (Å²) in [5.74, 6) is -0.872. The summed E-state index contributed by atoms with van der Waals surface area (Å²) in [6, 6.07) is 0. The summed E-state index contributed by atoms with van der Waals surface area (Å²) in [6.45, 7) is 11.4. The van der Waals surface area contributed by atoms with Gasteiger partial charge in [0.05, 0.1) is 0 Å². The molecule has 0 radical (unpaired) electrons. The van der Waals surface area contributed by atoms with Gasteiger partial charge in [-0.1, -0.05) is 19.9 Å². The van der Waals surface area contributed by atoms with Crippen molar-refractivity contribution in [2.75, 3.05) is 0 Å². The molecular formula is C11H16ClF3O2. The maximum Gasteiger partial charge on any atom is 0.330 e. The highest BCUT2D eigenvalue weighted by molar-refractivity contribution is 6.28. The molecule has 0 saturated heterocycles. The van der Waals surface area contributed by atoms with Crippen molar-refractivity contribution in [3.05, 3.63) is 36.7 Å². The van der Waals surface area contributed by atoms with Crippen molar-refractivity contribution in [2.45, 2.75) is 26.2 Å². The van der Waals surface area contributed by atoms with Gasteiger partial charge in [0.15, 0.2) is 0 Å². The Labute approximate surface area is 104 Å². The topological polar surface area (TPSA) is 37.3 Å². The van der Waals surface area contributed by atoms with Crippen LogP contribution in [0.1, 0.15) is 26.2 Å². The quantitative estimate of drug-likeness (QED) is 0.585. The number of aliphatic carboxylic acids is 1. The zero-order valence-electron chi connectivity index (χ0n) is 9.61. The van der Waals surface area contributed by atoms with Gasteiger partial charge in [0.25, 0.3) is 5.29 Å². The molecule has 0 aliphatic heterocycles.